The standard InChI is InChI=1S/C21H22N4S/c1-3-24(2)18-10-11-25(14-18)21-23-19-9-8-17(12-20(19)26-21)16-6-4-15(13-22)5-7-16/h4-9,12,18H,3,10-11,14H2,1-2H3/t18-/m0/s1. The first-order valence-electron chi connectivity index (χ1n) is 9.04. The highest BCUT2D eigenvalue weighted by atomic mass is 32.1. The molecular weight excluding hydrogens is 340 g/mol. The molecule has 2 heterocycles. The van der Waals surface area contributed by atoms with Crippen molar-refractivity contribution in [2.75, 3.05) is 31.6 Å². The molecule has 0 spiro atoms. The first-order chi connectivity index (χ1) is 12.7. The summed E-state index contributed by atoms with van der Waals surface area (Å²) in [4.78, 5) is 9.71. The Hall–Kier alpha value is -2.42. The minimum Gasteiger partial charge on any atom is -0.346 e. The Morgan fingerprint density at radius 1 is 1.23 bits per heavy atom. The molecule has 0 saturated carbocycles. The molecule has 0 amide bonds. The Morgan fingerprint density at radius 3 is 2.73 bits per heavy atom. The smallest absolute Gasteiger partial charge is 0.186 e. The SMILES string of the molecule is CCN(C)[C@H]1CCN(c2nc3ccc(-c4ccc(C#N)cc4)cc3s2)C1. The van der Waals surface area contributed by atoms with Crippen LogP contribution in [0.4, 0.5) is 5.13 Å². The maximum absolute atomic E-state index is 8.95. The third kappa shape index (κ3) is 3.18. The molecule has 132 valence electrons. The minimum atomic E-state index is 0.626. The van der Waals surface area contributed by atoms with Crippen molar-refractivity contribution in [3.63, 3.8) is 0 Å². The first-order valence-corrected chi connectivity index (χ1v) is 9.86. The van der Waals surface area contributed by atoms with E-state index in [4.69, 9.17) is 10.2 Å². The molecule has 1 aromatic heterocycles. The highest BCUT2D eigenvalue weighted by molar-refractivity contribution is 7.22. The van der Waals surface area contributed by atoms with E-state index in [1.54, 1.807) is 11.3 Å². The maximum atomic E-state index is 8.95. The van der Waals surface area contributed by atoms with Crippen molar-refractivity contribution < 1.29 is 0 Å². The van der Waals surface area contributed by atoms with Crippen molar-refractivity contribution in [2.24, 2.45) is 0 Å². The van der Waals surface area contributed by atoms with Gasteiger partial charge in [-0.3, -0.25) is 0 Å². The lowest BCUT2D eigenvalue weighted by atomic mass is 10.0. The fraction of sp³-hybridized carbons (Fsp3) is 0.333. The fourth-order valence-corrected chi connectivity index (χ4v) is 4.54. The third-order valence-electron chi connectivity index (χ3n) is 5.28. The number of aromatic nitrogens is 1. The van der Waals surface area contributed by atoms with Crippen LogP contribution in [-0.2, 0) is 0 Å². The first kappa shape index (κ1) is 17.0. The second-order valence-corrected chi connectivity index (χ2v) is 7.84. The van der Waals surface area contributed by atoms with Gasteiger partial charge < -0.3 is 9.80 Å². The van der Waals surface area contributed by atoms with E-state index < -0.39 is 0 Å². The molecule has 1 atom stereocenters. The van der Waals surface area contributed by atoms with Gasteiger partial charge in [0.1, 0.15) is 0 Å². The van der Waals surface area contributed by atoms with Gasteiger partial charge in [0.25, 0.3) is 0 Å². The molecule has 1 saturated heterocycles. The van der Waals surface area contributed by atoms with E-state index in [0.29, 0.717) is 11.6 Å². The average molecular weight is 363 g/mol. The lowest BCUT2D eigenvalue weighted by molar-refractivity contribution is 0.272. The second kappa shape index (κ2) is 7.06. The molecule has 4 rings (SSSR count). The summed E-state index contributed by atoms with van der Waals surface area (Å²) in [6.45, 7) is 5.45. The van der Waals surface area contributed by atoms with Crippen LogP contribution in [0.15, 0.2) is 42.5 Å². The summed E-state index contributed by atoms with van der Waals surface area (Å²) in [7, 11) is 2.20. The van der Waals surface area contributed by atoms with Crippen LogP contribution in [0.25, 0.3) is 21.3 Å². The summed E-state index contributed by atoms with van der Waals surface area (Å²) in [6.07, 6.45) is 1.21. The summed E-state index contributed by atoms with van der Waals surface area (Å²) in [5.41, 5.74) is 4.05. The van der Waals surface area contributed by atoms with E-state index in [2.05, 4.69) is 48.0 Å². The van der Waals surface area contributed by atoms with Crippen molar-refractivity contribution in [3.8, 4) is 17.2 Å². The van der Waals surface area contributed by atoms with Crippen LogP contribution in [0, 0.1) is 11.3 Å². The van der Waals surface area contributed by atoms with Crippen LogP contribution >= 0.6 is 11.3 Å². The molecule has 2 aromatic carbocycles. The van der Waals surface area contributed by atoms with Gasteiger partial charge in [-0.2, -0.15) is 5.26 Å². The van der Waals surface area contributed by atoms with Gasteiger partial charge in [0.15, 0.2) is 5.13 Å². The number of nitrogens with zero attached hydrogens (tertiary/aromatic N) is 4. The summed E-state index contributed by atoms with van der Waals surface area (Å²) in [5, 5.41) is 10.1. The summed E-state index contributed by atoms with van der Waals surface area (Å²) in [6, 6.07) is 17.0. The average Bonchev–Trinajstić information content (AvgIpc) is 3.33. The topological polar surface area (TPSA) is 43.2 Å². The molecule has 0 radical (unpaired) electrons. The van der Waals surface area contributed by atoms with Crippen LogP contribution in [-0.4, -0.2) is 42.6 Å². The Bertz CT molecular complexity index is 954. The van der Waals surface area contributed by atoms with Gasteiger partial charge in [0.05, 0.1) is 21.8 Å². The van der Waals surface area contributed by atoms with E-state index in [0.717, 1.165) is 35.8 Å². The number of benzene rings is 2. The van der Waals surface area contributed by atoms with Crippen LogP contribution in [0.1, 0.15) is 18.9 Å². The number of nitriles is 1. The zero-order chi connectivity index (χ0) is 18.1. The number of anilines is 1. The molecule has 1 aliphatic heterocycles. The largest absolute Gasteiger partial charge is 0.346 e. The number of rotatable bonds is 4. The van der Waals surface area contributed by atoms with Crippen LogP contribution < -0.4 is 4.90 Å². The molecule has 3 aromatic rings. The number of likely N-dealkylation sites (N-methyl/N-ethyl adjacent to an activating group) is 1. The summed E-state index contributed by atoms with van der Waals surface area (Å²) in [5.74, 6) is 0. The van der Waals surface area contributed by atoms with Gasteiger partial charge in [-0.15, -0.1) is 0 Å². The predicted octanol–water partition coefficient (Wildman–Crippen LogP) is 4.37. The van der Waals surface area contributed by atoms with E-state index in [-0.39, 0.29) is 0 Å². The van der Waals surface area contributed by atoms with Crippen molar-refractivity contribution in [1.82, 2.24) is 9.88 Å². The summed E-state index contributed by atoms with van der Waals surface area (Å²) >= 11 is 1.78. The number of hydrogen-bond acceptors (Lipinski definition) is 5. The van der Waals surface area contributed by atoms with Crippen LogP contribution in [0.5, 0.6) is 0 Å². The molecule has 4 nitrogen and oxygen atoms in total. The minimum absolute atomic E-state index is 0.626. The molecule has 26 heavy (non-hydrogen) atoms. The molecule has 5 heteroatoms. The molecule has 1 aliphatic rings. The Kier molecular flexibility index (Phi) is 4.62. The normalized spacial score (nSPS) is 17.2. The molecule has 1 fully saturated rings. The number of thiazole rings is 1. The van der Waals surface area contributed by atoms with E-state index >= 15 is 0 Å². The lowest BCUT2D eigenvalue weighted by Crippen LogP contribution is -2.34. The van der Waals surface area contributed by atoms with Crippen molar-refractivity contribution in [3.05, 3.63) is 48.0 Å². The summed E-state index contributed by atoms with van der Waals surface area (Å²) < 4.78 is 1.22. The van der Waals surface area contributed by atoms with Crippen LogP contribution in [0.3, 0.4) is 0 Å². The Balaban J connectivity index is 1.59. The van der Waals surface area contributed by atoms with E-state index in [9.17, 15) is 0 Å². The van der Waals surface area contributed by atoms with E-state index in [1.165, 1.54) is 16.7 Å². The van der Waals surface area contributed by atoms with Gasteiger partial charge in [-0.05, 0) is 55.4 Å². The van der Waals surface area contributed by atoms with Crippen molar-refractivity contribution in [1.29, 1.82) is 5.26 Å². The molecule has 0 aliphatic carbocycles. The lowest BCUT2D eigenvalue weighted by Gasteiger charge is -2.22. The molecule has 0 N–H and O–H groups in total. The quantitative estimate of drug-likeness (QED) is 0.691. The number of hydrogen-bond donors (Lipinski definition) is 0. The van der Waals surface area contributed by atoms with Gasteiger partial charge in [-0.1, -0.05) is 36.5 Å². The van der Waals surface area contributed by atoms with Crippen LogP contribution in [0.2, 0.25) is 0 Å². The van der Waals surface area contributed by atoms with E-state index in [1.807, 2.05) is 24.3 Å². The molecular formula is C21H22N4S. The monoisotopic (exact) mass is 362 g/mol. The molecule has 0 bridgehead atoms. The Labute approximate surface area is 158 Å². The zero-order valence-electron chi connectivity index (χ0n) is 15.1. The highest BCUT2D eigenvalue weighted by Crippen LogP contribution is 2.34. The fourth-order valence-electron chi connectivity index (χ4n) is 3.50. The van der Waals surface area contributed by atoms with Crippen molar-refractivity contribution >= 4 is 26.7 Å². The molecule has 0 unspecified atom stereocenters. The number of fused-ring (bicyclic) bond motifs is 1. The third-order valence-corrected chi connectivity index (χ3v) is 6.36. The second-order valence-electron chi connectivity index (χ2n) is 6.83. The van der Waals surface area contributed by atoms with Gasteiger partial charge in [-0.25, -0.2) is 4.98 Å². The van der Waals surface area contributed by atoms with Gasteiger partial charge >= 0.3 is 0 Å². The van der Waals surface area contributed by atoms with Gasteiger partial charge in [0, 0.05) is 19.1 Å². The predicted molar refractivity (Wildman–Crippen MR) is 109 cm³/mol. The maximum Gasteiger partial charge on any atom is 0.186 e. The van der Waals surface area contributed by atoms with Crippen molar-refractivity contribution in [2.45, 2.75) is 19.4 Å². The zero-order valence-corrected chi connectivity index (χ0v) is 16.0. The highest BCUT2D eigenvalue weighted by Gasteiger charge is 2.26. The Morgan fingerprint density at radius 2 is 2.00 bits per heavy atom. The van der Waals surface area contributed by atoms with Gasteiger partial charge in [0.2, 0.25) is 0 Å².